The van der Waals surface area contributed by atoms with Crippen LogP contribution in [0.15, 0.2) is 59.4 Å². The van der Waals surface area contributed by atoms with Crippen LogP contribution in [-0.4, -0.2) is 32.9 Å². The fraction of sp³-hybridized carbons (Fsp3) is 0.286. The Labute approximate surface area is 167 Å². The summed E-state index contributed by atoms with van der Waals surface area (Å²) in [6.07, 6.45) is 0.160. The fourth-order valence-corrected chi connectivity index (χ4v) is 2.83. The monoisotopic (exact) mass is 394 g/mol. The molecule has 0 aliphatic heterocycles. The van der Waals surface area contributed by atoms with Gasteiger partial charge in [0.05, 0.1) is 11.8 Å². The maximum atomic E-state index is 12.5. The lowest BCUT2D eigenvalue weighted by Crippen LogP contribution is -2.46. The average molecular weight is 394 g/mol. The lowest BCUT2D eigenvalue weighted by Gasteiger charge is -2.21. The first-order valence-corrected chi connectivity index (χ1v) is 9.28. The summed E-state index contributed by atoms with van der Waals surface area (Å²) in [5, 5.41) is 10.8. The third-order valence-corrected chi connectivity index (χ3v) is 4.40. The number of hydrogen-bond donors (Lipinski definition) is 1. The summed E-state index contributed by atoms with van der Waals surface area (Å²) < 4.78 is 6.21. The predicted molar refractivity (Wildman–Crippen MR) is 107 cm³/mol. The van der Waals surface area contributed by atoms with Crippen molar-refractivity contribution < 1.29 is 14.3 Å². The van der Waals surface area contributed by atoms with Gasteiger partial charge in [0.1, 0.15) is 11.6 Å². The molecule has 1 atom stereocenters. The number of carbonyl (C=O) groups excluding carboxylic acids is 2. The Bertz CT molecular complexity index is 1060. The fourth-order valence-electron chi connectivity index (χ4n) is 2.83. The number of nitrogens with zero attached hydrogens (tertiary/aromatic N) is 3. The van der Waals surface area contributed by atoms with Crippen LogP contribution in [0.1, 0.15) is 19.4 Å². The molecule has 3 rings (SSSR count). The van der Waals surface area contributed by atoms with E-state index in [9.17, 15) is 14.4 Å². The summed E-state index contributed by atoms with van der Waals surface area (Å²) in [6, 6.07) is 15.2. The Morgan fingerprint density at radius 3 is 2.48 bits per heavy atom. The molecule has 0 saturated heterocycles. The van der Waals surface area contributed by atoms with Crippen LogP contribution in [0.2, 0.25) is 0 Å². The number of nitrogens with one attached hydrogen (secondary N) is 1. The molecule has 150 valence electrons. The summed E-state index contributed by atoms with van der Waals surface area (Å²) in [4.78, 5) is 37.3. The van der Waals surface area contributed by atoms with Crippen molar-refractivity contribution in [3.8, 4) is 0 Å². The second kappa shape index (κ2) is 9.09. The van der Waals surface area contributed by atoms with Crippen LogP contribution < -0.4 is 10.9 Å². The zero-order valence-corrected chi connectivity index (χ0v) is 16.2. The molecule has 2 aromatic carbocycles. The minimum atomic E-state index is -0.838. The van der Waals surface area contributed by atoms with Gasteiger partial charge in [-0.15, -0.1) is 5.10 Å². The highest BCUT2D eigenvalue weighted by molar-refractivity contribution is 5.85. The molecule has 1 amide bonds. The highest BCUT2D eigenvalue weighted by Gasteiger charge is 2.26. The number of esters is 1. The zero-order valence-electron chi connectivity index (χ0n) is 16.2. The molecular formula is C21H22N4O4. The van der Waals surface area contributed by atoms with E-state index in [2.05, 4.69) is 15.6 Å². The number of benzene rings is 2. The standard InChI is InChI=1S/C21H22N4O4/c1-14(2)19(22-18(26)12-15-8-4-3-5-9-15)21(28)29-13-25-20(27)16-10-6-7-11-17(16)23-24-25/h3-11,14,19H,12-13H2,1-2H3,(H,22,26)/t19-/m1/s1. The zero-order chi connectivity index (χ0) is 20.8. The van der Waals surface area contributed by atoms with E-state index in [0.717, 1.165) is 10.2 Å². The maximum Gasteiger partial charge on any atom is 0.330 e. The van der Waals surface area contributed by atoms with E-state index < -0.39 is 17.6 Å². The molecule has 8 nitrogen and oxygen atoms in total. The highest BCUT2D eigenvalue weighted by atomic mass is 16.5. The van der Waals surface area contributed by atoms with Gasteiger partial charge in [-0.1, -0.05) is 61.5 Å². The molecule has 3 aromatic rings. The van der Waals surface area contributed by atoms with Crippen LogP contribution in [-0.2, 0) is 27.5 Å². The molecule has 0 aliphatic carbocycles. The largest absolute Gasteiger partial charge is 0.441 e. The van der Waals surface area contributed by atoms with Crippen molar-refractivity contribution >= 4 is 22.8 Å². The lowest BCUT2D eigenvalue weighted by atomic mass is 10.0. The first kappa shape index (κ1) is 20.2. The van der Waals surface area contributed by atoms with Crippen molar-refractivity contribution in [1.29, 1.82) is 0 Å². The van der Waals surface area contributed by atoms with E-state index in [-0.39, 0.29) is 25.0 Å². The quantitative estimate of drug-likeness (QED) is 0.612. The Morgan fingerprint density at radius 1 is 1.07 bits per heavy atom. The lowest BCUT2D eigenvalue weighted by molar-refractivity contribution is -0.153. The molecule has 29 heavy (non-hydrogen) atoms. The Balaban J connectivity index is 1.65. The molecule has 1 aromatic heterocycles. The molecule has 0 unspecified atom stereocenters. The van der Waals surface area contributed by atoms with Crippen molar-refractivity contribution in [3.63, 3.8) is 0 Å². The van der Waals surface area contributed by atoms with Gasteiger partial charge in [0.25, 0.3) is 5.56 Å². The van der Waals surface area contributed by atoms with Crippen LogP contribution >= 0.6 is 0 Å². The number of rotatable bonds is 7. The van der Waals surface area contributed by atoms with Crippen LogP contribution in [0.5, 0.6) is 0 Å². The number of ether oxygens (including phenoxy) is 1. The van der Waals surface area contributed by atoms with Gasteiger partial charge in [-0.05, 0) is 23.6 Å². The number of carbonyl (C=O) groups is 2. The van der Waals surface area contributed by atoms with Gasteiger partial charge in [0.2, 0.25) is 5.91 Å². The van der Waals surface area contributed by atoms with Gasteiger partial charge in [-0.3, -0.25) is 9.59 Å². The van der Waals surface area contributed by atoms with E-state index in [1.54, 1.807) is 38.1 Å². The number of hydrogen-bond acceptors (Lipinski definition) is 6. The van der Waals surface area contributed by atoms with Crippen LogP contribution in [0.3, 0.4) is 0 Å². The normalized spacial score (nSPS) is 12.0. The molecule has 0 aliphatic rings. The van der Waals surface area contributed by atoms with E-state index >= 15 is 0 Å². The van der Waals surface area contributed by atoms with Crippen molar-refractivity contribution in [2.45, 2.75) is 33.0 Å². The first-order valence-electron chi connectivity index (χ1n) is 9.28. The van der Waals surface area contributed by atoms with Gasteiger partial charge in [-0.2, -0.15) is 4.68 Å². The average Bonchev–Trinajstić information content (AvgIpc) is 2.72. The highest BCUT2D eigenvalue weighted by Crippen LogP contribution is 2.07. The summed E-state index contributed by atoms with van der Waals surface area (Å²) in [5.74, 6) is -1.11. The second-order valence-electron chi connectivity index (χ2n) is 6.96. The molecule has 1 N–H and O–H groups in total. The maximum absolute atomic E-state index is 12.5. The Kier molecular flexibility index (Phi) is 6.33. The molecule has 1 heterocycles. The molecule has 0 saturated carbocycles. The van der Waals surface area contributed by atoms with E-state index in [4.69, 9.17) is 4.74 Å². The van der Waals surface area contributed by atoms with Crippen LogP contribution in [0.4, 0.5) is 0 Å². The third-order valence-electron chi connectivity index (χ3n) is 4.40. The molecule has 0 spiro atoms. The summed E-state index contributed by atoms with van der Waals surface area (Å²) in [5.41, 5.74) is 0.907. The predicted octanol–water partition coefficient (Wildman–Crippen LogP) is 1.68. The topological polar surface area (TPSA) is 103 Å². The number of aromatic nitrogens is 3. The SMILES string of the molecule is CC(C)[C@@H](NC(=O)Cc1ccccc1)C(=O)OCn1nnc2ccccc2c1=O. The minimum Gasteiger partial charge on any atom is -0.441 e. The molecule has 0 bridgehead atoms. The van der Waals surface area contributed by atoms with Crippen molar-refractivity contribution in [2.75, 3.05) is 0 Å². The van der Waals surface area contributed by atoms with Crippen molar-refractivity contribution in [2.24, 2.45) is 5.92 Å². The first-order chi connectivity index (χ1) is 14.0. The van der Waals surface area contributed by atoms with Gasteiger partial charge in [0, 0.05) is 0 Å². The second-order valence-corrected chi connectivity index (χ2v) is 6.96. The molecule has 0 fully saturated rings. The summed E-state index contributed by atoms with van der Waals surface area (Å²) in [6.45, 7) is 3.22. The summed E-state index contributed by atoms with van der Waals surface area (Å²) >= 11 is 0. The van der Waals surface area contributed by atoms with Crippen LogP contribution in [0, 0.1) is 5.92 Å². The Hall–Kier alpha value is -3.55. The summed E-state index contributed by atoms with van der Waals surface area (Å²) in [7, 11) is 0. The van der Waals surface area contributed by atoms with E-state index in [1.165, 1.54) is 0 Å². The van der Waals surface area contributed by atoms with Crippen molar-refractivity contribution in [1.82, 2.24) is 20.3 Å². The molecular weight excluding hydrogens is 372 g/mol. The van der Waals surface area contributed by atoms with E-state index in [0.29, 0.717) is 10.9 Å². The van der Waals surface area contributed by atoms with Crippen LogP contribution in [0.25, 0.3) is 10.9 Å². The van der Waals surface area contributed by atoms with Gasteiger partial charge < -0.3 is 10.1 Å². The third kappa shape index (κ3) is 5.04. The van der Waals surface area contributed by atoms with Gasteiger partial charge >= 0.3 is 5.97 Å². The van der Waals surface area contributed by atoms with Gasteiger partial charge in [0.15, 0.2) is 6.73 Å². The number of amides is 1. The van der Waals surface area contributed by atoms with Crippen molar-refractivity contribution in [3.05, 3.63) is 70.5 Å². The molecule has 0 radical (unpaired) electrons. The number of fused-ring (bicyclic) bond motifs is 1. The van der Waals surface area contributed by atoms with Gasteiger partial charge in [-0.25, -0.2) is 4.79 Å². The molecule has 8 heteroatoms. The Morgan fingerprint density at radius 2 is 1.76 bits per heavy atom. The smallest absolute Gasteiger partial charge is 0.330 e. The minimum absolute atomic E-state index is 0.160. The van der Waals surface area contributed by atoms with E-state index in [1.807, 2.05) is 30.3 Å².